The standard InChI is InChI=1S/C19H12FN3O3S/c1-2-12-22-18-15(20)4-3-5-16(18)27-19(22)21-17(24)11-8-13-6-9-14(10-7-13)23(25)26/h1,3-11H,12H2/b11-8-,21-19?. The van der Waals surface area contributed by atoms with Gasteiger partial charge in [-0.05, 0) is 35.9 Å². The number of nitro benzene ring substituents is 1. The van der Waals surface area contributed by atoms with E-state index in [1.165, 1.54) is 47.1 Å². The second-order valence-electron chi connectivity index (χ2n) is 5.39. The molecule has 0 fully saturated rings. The van der Waals surface area contributed by atoms with Gasteiger partial charge in [0.1, 0.15) is 5.82 Å². The molecule has 3 rings (SSSR count). The van der Waals surface area contributed by atoms with Crippen molar-refractivity contribution in [2.45, 2.75) is 6.54 Å². The summed E-state index contributed by atoms with van der Waals surface area (Å²) in [6.45, 7) is 0.0825. The second kappa shape index (κ2) is 7.76. The summed E-state index contributed by atoms with van der Waals surface area (Å²) in [5, 5.41) is 10.6. The topological polar surface area (TPSA) is 77.5 Å². The van der Waals surface area contributed by atoms with Gasteiger partial charge in [-0.15, -0.1) is 6.42 Å². The highest BCUT2D eigenvalue weighted by Gasteiger charge is 2.10. The SMILES string of the molecule is C#CCn1c(=NC(=O)/C=C\c2ccc([N+](=O)[O-])cc2)sc2cccc(F)c21. The predicted molar refractivity (Wildman–Crippen MR) is 101 cm³/mol. The van der Waals surface area contributed by atoms with Crippen molar-refractivity contribution in [3.8, 4) is 12.3 Å². The van der Waals surface area contributed by atoms with E-state index in [1.807, 2.05) is 0 Å². The fraction of sp³-hybridized carbons (Fsp3) is 0.0526. The van der Waals surface area contributed by atoms with Gasteiger partial charge in [-0.3, -0.25) is 14.9 Å². The lowest BCUT2D eigenvalue weighted by molar-refractivity contribution is -0.384. The van der Waals surface area contributed by atoms with E-state index in [2.05, 4.69) is 10.9 Å². The number of carbonyl (C=O) groups excluding carboxylic acids is 1. The Balaban J connectivity index is 1.93. The molecule has 134 valence electrons. The van der Waals surface area contributed by atoms with Crippen LogP contribution in [0.1, 0.15) is 5.56 Å². The second-order valence-corrected chi connectivity index (χ2v) is 6.40. The van der Waals surface area contributed by atoms with Crippen molar-refractivity contribution >= 4 is 39.2 Å². The summed E-state index contributed by atoms with van der Waals surface area (Å²) in [6, 6.07) is 10.4. The molecule has 27 heavy (non-hydrogen) atoms. The number of hydrogen-bond acceptors (Lipinski definition) is 4. The van der Waals surface area contributed by atoms with E-state index in [0.29, 0.717) is 20.6 Å². The van der Waals surface area contributed by atoms with E-state index in [0.717, 1.165) is 11.3 Å². The Bertz CT molecular complexity index is 1170. The summed E-state index contributed by atoms with van der Waals surface area (Å²) in [7, 11) is 0. The zero-order valence-electron chi connectivity index (χ0n) is 13.8. The van der Waals surface area contributed by atoms with E-state index in [4.69, 9.17) is 6.42 Å². The molecule has 0 radical (unpaired) electrons. The van der Waals surface area contributed by atoms with E-state index in [9.17, 15) is 19.3 Å². The molecule has 1 amide bonds. The van der Waals surface area contributed by atoms with Gasteiger partial charge in [0.15, 0.2) is 4.80 Å². The van der Waals surface area contributed by atoms with Crippen LogP contribution in [0, 0.1) is 28.3 Å². The van der Waals surface area contributed by atoms with Crippen molar-refractivity contribution in [1.82, 2.24) is 4.57 Å². The Morgan fingerprint density at radius 1 is 1.33 bits per heavy atom. The monoisotopic (exact) mass is 381 g/mol. The third kappa shape index (κ3) is 3.99. The molecule has 0 aliphatic heterocycles. The number of halogens is 1. The van der Waals surface area contributed by atoms with Gasteiger partial charge in [-0.2, -0.15) is 4.99 Å². The van der Waals surface area contributed by atoms with Gasteiger partial charge < -0.3 is 4.57 Å². The van der Waals surface area contributed by atoms with Gasteiger partial charge in [0.05, 0.1) is 21.7 Å². The summed E-state index contributed by atoms with van der Waals surface area (Å²) in [4.78, 5) is 26.6. The van der Waals surface area contributed by atoms with E-state index < -0.39 is 16.6 Å². The number of aromatic nitrogens is 1. The quantitative estimate of drug-likeness (QED) is 0.300. The molecule has 1 heterocycles. The van der Waals surface area contributed by atoms with E-state index in [1.54, 1.807) is 12.1 Å². The van der Waals surface area contributed by atoms with Crippen molar-refractivity contribution in [3.05, 3.63) is 74.8 Å². The Kier molecular flexibility index (Phi) is 5.24. The number of hydrogen-bond donors (Lipinski definition) is 0. The number of thiazole rings is 1. The van der Waals surface area contributed by atoms with Crippen LogP contribution in [-0.4, -0.2) is 15.4 Å². The minimum absolute atomic E-state index is 0.0363. The van der Waals surface area contributed by atoms with Gasteiger partial charge in [0.25, 0.3) is 11.6 Å². The fourth-order valence-electron chi connectivity index (χ4n) is 2.42. The molecule has 6 nitrogen and oxygen atoms in total. The van der Waals surface area contributed by atoms with Crippen LogP contribution >= 0.6 is 11.3 Å². The fourth-order valence-corrected chi connectivity index (χ4v) is 3.47. The van der Waals surface area contributed by atoms with E-state index >= 15 is 0 Å². The number of para-hydroxylation sites is 1. The molecule has 0 bridgehead atoms. The van der Waals surface area contributed by atoms with Gasteiger partial charge in [-0.25, -0.2) is 4.39 Å². The average Bonchev–Trinajstić information content (AvgIpc) is 2.99. The minimum atomic E-state index is -0.550. The normalized spacial score (nSPS) is 11.8. The van der Waals surface area contributed by atoms with Crippen LogP contribution in [0.3, 0.4) is 0 Å². The number of rotatable bonds is 4. The molecule has 0 N–H and O–H groups in total. The lowest BCUT2D eigenvalue weighted by atomic mass is 10.2. The first kappa shape index (κ1) is 18.2. The summed E-state index contributed by atoms with van der Waals surface area (Å²) < 4.78 is 16.2. The summed E-state index contributed by atoms with van der Waals surface area (Å²) >= 11 is 1.16. The molecule has 0 unspecified atom stereocenters. The number of terminal acetylenes is 1. The first-order chi connectivity index (χ1) is 13.0. The zero-order chi connectivity index (χ0) is 19.4. The van der Waals surface area contributed by atoms with Crippen LogP contribution in [0.15, 0.2) is 53.5 Å². The third-order valence-electron chi connectivity index (χ3n) is 3.63. The summed E-state index contributed by atoms with van der Waals surface area (Å²) in [5.74, 6) is 1.45. The average molecular weight is 381 g/mol. The molecule has 8 heteroatoms. The Hall–Kier alpha value is -3.57. The Morgan fingerprint density at radius 3 is 2.74 bits per heavy atom. The smallest absolute Gasteiger partial charge is 0.272 e. The Morgan fingerprint density at radius 2 is 2.07 bits per heavy atom. The number of nitrogens with zero attached hydrogens (tertiary/aromatic N) is 3. The van der Waals surface area contributed by atoms with Crippen LogP contribution in [0.25, 0.3) is 16.3 Å². The van der Waals surface area contributed by atoms with Gasteiger partial charge >= 0.3 is 0 Å². The largest absolute Gasteiger partial charge is 0.302 e. The molecule has 0 aliphatic carbocycles. The third-order valence-corrected chi connectivity index (χ3v) is 4.67. The van der Waals surface area contributed by atoms with Crippen molar-refractivity contribution < 1.29 is 14.1 Å². The lowest BCUT2D eigenvalue weighted by Crippen LogP contribution is -2.16. The maximum Gasteiger partial charge on any atom is 0.272 e. The molecule has 1 aromatic heterocycles. The number of non-ortho nitro benzene ring substituents is 1. The van der Waals surface area contributed by atoms with Crippen molar-refractivity contribution in [2.24, 2.45) is 4.99 Å². The van der Waals surface area contributed by atoms with Crippen molar-refractivity contribution in [2.75, 3.05) is 0 Å². The number of nitro groups is 1. The van der Waals surface area contributed by atoms with Crippen LogP contribution in [0.4, 0.5) is 10.1 Å². The van der Waals surface area contributed by atoms with Crippen LogP contribution < -0.4 is 4.80 Å². The van der Waals surface area contributed by atoms with Gasteiger partial charge in [0.2, 0.25) is 0 Å². The van der Waals surface area contributed by atoms with Crippen LogP contribution in [-0.2, 0) is 11.3 Å². The molecule has 0 atom stereocenters. The number of carbonyl (C=O) groups is 1. The molecule has 0 aliphatic rings. The zero-order valence-corrected chi connectivity index (χ0v) is 14.6. The maximum absolute atomic E-state index is 14.1. The Labute approximate surface area is 157 Å². The van der Waals surface area contributed by atoms with Gasteiger partial charge in [-0.1, -0.05) is 23.3 Å². The van der Waals surface area contributed by atoms with Crippen molar-refractivity contribution in [3.63, 3.8) is 0 Å². The molecular formula is C19H12FN3O3S. The molecule has 3 aromatic rings. The highest BCUT2D eigenvalue weighted by molar-refractivity contribution is 7.16. The predicted octanol–water partition coefficient (Wildman–Crippen LogP) is 3.52. The summed E-state index contributed by atoms with van der Waals surface area (Å²) in [6.07, 6.45) is 8.08. The number of fused-ring (bicyclic) bond motifs is 1. The molecular weight excluding hydrogens is 369 g/mol. The van der Waals surface area contributed by atoms with E-state index in [-0.39, 0.29) is 12.2 Å². The highest BCUT2D eigenvalue weighted by Crippen LogP contribution is 2.20. The lowest BCUT2D eigenvalue weighted by Gasteiger charge is -2.00. The van der Waals surface area contributed by atoms with Crippen molar-refractivity contribution in [1.29, 1.82) is 0 Å². The first-order valence-electron chi connectivity index (χ1n) is 7.72. The first-order valence-corrected chi connectivity index (χ1v) is 8.54. The molecule has 0 saturated carbocycles. The minimum Gasteiger partial charge on any atom is -0.302 e. The maximum atomic E-state index is 14.1. The highest BCUT2D eigenvalue weighted by atomic mass is 32.1. The molecule has 0 spiro atoms. The molecule has 0 saturated heterocycles. The van der Waals surface area contributed by atoms with Crippen LogP contribution in [0.2, 0.25) is 0 Å². The van der Waals surface area contributed by atoms with Gasteiger partial charge in [0, 0.05) is 18.2 Å². The molecule has 2 aromatic carbocycles. The van der Waals surface area contributed by atoms with Crippen LogP contribution in [0.5, 0.6) is 0 Å². The summed E-state index contributed by atoms with van der Waals surface area (Å²) in [5.41, 5.74) is 0.889. The number of benzene rings is 2. The number of amides is 1.